The Bertz CT molecular complexity index is 426. The summed E-state index contributed by atoms with van der Waals surface area (Å²) in [6, 6.07) is 0.264. The van der Waals surface area contributed by atoms with E-state index in [0.29, 0.717) is 12.5 Å². The Morgan fingerprint density at radius 2 is 2.22 bits per heavy atom. The zero-order valence-corrected chi connectivity index (χ0v) is 11.3. The van der Waals surface area contributed by atoms with Gasteiger partial charge in [0.15, 0.2) is 0 Å². The van der Waals surface area contributed by atoms with Gasteiger partial charge in [-0.3, -0.25) is 9.48 Å². The fraction of sp³-hybridized carbons (Fsp3) is 0.692. The van der Waals surface area contributed by atoms with Gasteiger partial charge in [-0.2, -0.15) is 5.10 Å². The van der Waals surface area contributed by atoms with Gasteiger partial charge in [0.25, 0.3) is 0 Å². The van der Waals surface area contributed by atoms with Gasteiger partial charge in [-0.15, -0.1) is 0 Å². The van der Waals surface area contributed by atoms with Gasteiger partial charge < -0.3 is 10.6 Å². The topological polar surface area (TPSA) is 64.2 Å². The molecular weight excluding hydrogens is 228 g/mol. The average Bonchev–Trinajstić information content (AvgIpc) is 2.74. The van der Waals surface area contributed by atoms with Gasteiger partial charge in [-0.05, 0) is 26.7 Å². The largest absolute Gasteiger partial charge is 0.337 e. The molecule has 1 fully saturated rings. The SMILES string of the molecule is CC(C)n1cc(C2C(N)CCCC(=O)N2C)cn1. The third kappa shape index (κ3) is 2.41. The Hall–Kier alpha value is -1.36. The first kappa shape index (κ1) is 13.1. The van der Waals surface area contributed by atoms with Crippen LogP contribution >= 0.6 is 0 Å². The molecule has 18 heavy (non-hydrogen) atoms. The maximum atomic E-state index is 11.9. The molecular formula is C13H22N4O. The normalized spacial score (nSPS) is 25.6. The lowest BCUT2D eigenvalue weighted by Crippen LogP contribution is -2.39. The van der Waals surface area contributed by atoms with Crippen LogP contribution in [0.15, 0.2) is 12.4 Å². The molecule has 1 aliphatic heterocycles. The maximum Gasteiger partial charge on any atom is 0.222 e. The van der Waals surface area contributed by atoms with E-state index in [9.17, 15) is 4.79 Å². The first-order valence-electron chi connectivity index (χ1n) is 6.56. The summed E-state index contributed by atoms with van der Waals surface area (Å²) in [7, 11) is 1.84. The molecule has 2 unspecified atom stereocenters. The van der Waals surface area contributed by atoms with Gasteiger partial charge in [0.2, 0.25) is 5.91 Å². The molecule has 2 heterocycles. The predicted molar refractivity (Wildman–Crippen MR) is 69.9 cm³/mol. The van der Waals surface area contributed by atoms with Crippen LogP contribution in [-0.2, 0) is 4.79 Å². The van der Waals surface area contributed by atoms with E-state index in [1.165, 1.54) is 0 Å². The van der Waals surface area contributed by atoms with E-state index >= 15 is 0 Å². The summed E-state index contributed by atoms with van der Waals surface area (Å²) in [5.41, 5.74) is 7.25. The second-order valence-electron chi connectivity index (χ2n) is 5.35. The number of amides is 1. The van der Waals surface area contributed by atoms with Crippen LogP contribution in [0.3, 0.4) is 0 Å². The minimum Gasteiger partial charge on any atom is -0.337 e. The van der Waals surface area contributed by atoms with Crippen molar-refractivity contribution >= 4 is 5.91 Å². The number of hydrogen-bond acceptors (Lipinski definition) is 3. The summed E-state index contributed by atoms with van der Waals surface area (Å²) >= 11 is 0. The van der Waals surface area contributed by atoms with Crippen LogP contribution in [0, 0.1) is 0 Å². The molecule has 5 nitrogen and oxygen atoms in total. The minimum absolute atomic E-state index is 0.00809. The third-order valence-corrected chi connectivity index (χ3v) is 3.64. The summed E-state index contributed by atoms with van der Waals surface area (Å²) in [6.07, 6.45) is 6.19. The summed E-state index contributed by atoms with van der Waals surface area (Å²) in [5, 5.41) is 4.34. The Kier molecular flexibility index (Phi) is 3.71. The molecule has 0 spiro atoms. The molecule has 1 aliphatic rings. The second-order valence-corrected chi connectivity index (χ2v) is 5.35. The quantitative estimate of drug-likeness (QED) is 0.864. The highest BCUT2D eigenvalue weighted by atomic mass is 16.2. The van der Waals surface area contributed by atoms with Gasteiger partial charge in [-0.1, -0.05) is 0 Å². The number of carbonyl (C=O) groups excluding carboxylic acids is 1. The molecule has 0 radical (unpaired) electrons. The van der Waals surface area contributed by atoms with E-state index in [1.54, 1.807) is 4.90 Å². The van der Waals surface area contributed by atoms with Crippen molar-refractivity contribution in [2.45, 2.75) is 51.2 Å². The number of nitrogens with zero attached hydrogens (tertiary/aromatic N) is 3. The van der Waals surface area contributed by atoms with E-state index in [1.807, 2.05) is 24.1 Å². The Morgan fingerprint density at radius 3 is 2.83 bits per heavy atom. The zero-order valence-electron chi connectivity index (χ0n) is 11.3. The van der Waals surface area contributed by atoms with E-state index < -0.39 is 0 Å². The Balaban J connectivity index is 2.29. The molecule has 5 heteroatoms. The third-order valence-electron chi connectivity index (χ3n) is 3.64. The first-order valence-corrected chi connectivity index (χ1v) is 6.56. The van der Waals surface area contributed by atoms with Gasteiger partial charge >= 0.3 is 0 Å². The number of rotatable bonds is 2. The van der Waals surface area contributed by atoms with Crippen LogP contribution in [0.25, 0.3) is 0 Å². The molecule has 1 aromatic rings. The van der Waals surface area contributed by atoms with Crippen molar-refractivity contribution in [2.75, 3.05) is 7.05 Å². The van der Waals surface area contributed by atoms with Crippen molar-refractivity contribution in [3.8, 4) is 0 Å². The van der Waals surface area contributed by atoms with E-state index in [-0.39, 0.29) is 18.0 Å². The molecule has 2 atom stereocenters. The molecule has 0 bridgehead atoms. The standard InChI is InChI=1S/C13H22N4O/c1-9(2)17-8-10(7-15-17)13-11(14)5-4-6-12(18)16(13)3/h7-9,11,13H,4-6,14H2,1-3H3. The summed E-state index contributed by atoms with van der Waals surface area (Å²) in [4.78, 5) is 13.7. The molecule has 100 valence electrons. The highest BCUT2D eigenvalue weighted by Gasteiger charge is 2.31. The lowest BCUT2D eigenvalue weighted by Gasteiger charge is -2.29. The number of carbonyl (C=O) groups is 1. The molecule has 0 aliphatic carbocycles. The summed E-state index contributed by atoms with van der Waals surface area (Å²) < 4.78 is 1.91. The molecule has 1 saturated heterocycles. The minimum atomic E-state index is -0.0486. The van der Waals surface area contributed by atoms with Crippen LogP contribution in [-0.4, -0.2) is 33.7 Å². The number of likely N-dealkylation sites (tertiary alicyclic amines) is 1. The first-order chi connectivity index (χ1) is 8.50. The van der Waals surface area contributed by atoms with Crippen LogP contribution in [0.1, 0.15) is 50.8 Å². The average molecular weight is 250 g/mol. The molecule has 1 aromatic heterocycles. The van der Waals surface area contributed by atoms with Gasteiger partial charge in [0.05, 0.1) is 12.2 Å². The molecule has 0 aromatic carbocycles. The predicted octanol–water partition coefficient (Wildman–Crippen LogP) is 1.47. The van der Waals surface area contributed by atoms with Crippen LogP contribution in [0.4, 0.5) is 0 Å². The highest BCUT2D eigenvalue weighted by Crippen LogP contribution is 2.28. The van der Waals surface area contributed by atoms with Crippen molar-refractivity contribution in [2.24, 2.45) is 5.73 Å². The Labute approximate surface area is 108 Å². The lowest BCUT2D eigenvalue weighted by molar-refractivity contribution is -0.131. The van der Waals surface area contributed by atoms with E-state index in [0.717, 1.165) is 18.4 Å². The van der Waals surface area contributed by atoms with Gasteiger partial charge in [0.1, 0.15) is 0 Å². The van der Waals surface area contributed by atoms with Crippen molar-refractivity contribution in [1.82, 2.24) is 14.7 Å². The number of hydrogen-bond donors (Lipinski definition) is 1. The fourth-order valence-corrected chi connectivity index (χ4v) is 2.52. The van der Waals surface area contributed by atoms with Crippen LogP contribution in [0.5, 0.6) is 0 Å². The van der Waals surface area contributed by atoms with Gasteiger partial charge in [0, 0.05) is 37.3 Å². The summed E-state index contributed by atoms with van der Waals surface area (Å²) in [5.74, 6) is 0.172. The van der Waals surface area contributed by atoms with Crippen molar-refractivity contribution in [1.29, 1.82) is 0 Å². The van der Waals surface area contributed by atoms with E-state index in [2.05, 4.69) is 18.9 Å². The van der Waals surface area contributed by atoms with Crippen molar-refractivity contribution < 1.29 is 4.79 Å². The van der Waals surface area contributed by atoms with Crippen molar-refractivity contribution in [3.63, 3.8) is 0 Å². The maximum absolute atomic E-state index is 11.9. The number of nitrogens with two attached hydrogens (primary N) is 1. The molecule has 1 amide bonds. The van der Waals surface area contributed by atoms with Gasteiger partial charge in [-0.25, -0.2) is 0 Å². The number of aromatic nitrogens is 2. The lowest BCUT2D eigenvalue weighted by atomic mass is 9.99. The van der Waals surface area contributed by atoms with E-state index in [4.69, 9.17) is 5.73 Å². The zero-order chi connectivity index (χ0) is 13.3. The fourth-order valence-electron chi connectivity index (χ4n) is 2.52. The highest BCUT2D eigenvalue weighted by molar-refractivity contribution is 5.76. The Morgan fingerprint density at radius 1 is 1.50 bits per heavy atom. The monoisotopic (exact) mass is 250 g/mol. The molecule has 2 N–H and O–H groups in total. The molecule has 2 rings (SSSR count). The van der Waals surface area contributed by atoms with Crippen LogP contribution in [0.2, 0.25) is 0 Å². The van der Waals surface area contributed by atoms with Crippen molar-refractivity contribution in [3.05, 3.63) is 18.0 Å². The summed E-state index contributed by atoms with van der Waals surface area (Å²) in [6.45, 7) is 4.16. The van der Waals surface area contributed by atoms with Crippen LogP contribution < -0.4 is 5.73 Å². The molecule has 0 saturated carbocycles. The smallest absolute Gasteiger partial charge is 0.222 e. The second kappa shape index (κ2) is 5.10. The number of likely N-dealkylation sites (N-methyl/N-ethyl adjacent to an activating group) is 1.